The molecular weight excluding hydrogens is 126 g/mol. The molecule has 1 aliphatic heterocycles. The van der Waals surface area contributed by atoms with Gasteiger partial charge in [0, 0.05) is 32.2 Å². The number of hydrogen-bond donors (Lipinski definition) is 1. The van der Waals surface area contributed by atoms with Crippen molar-refractivity contribution in [1.29, 1.82) is 0 Å². The number of aliphatic hydroxyl groups is 1. The van der Waals surface area contributed by atoms with Crippen LogP contribution in [0.2, 0.25) is 0 Å². The molecular formula is C8H16NO. The molecule has 2 heteroatoms. The maximum absolute atomic E-state index is 8.70. The summed E-state index contributed by atoms with van der Waals surface area (Å²) in [6.45, 7) is 7.93. The Hall–Kier alpha value is -0.0800. The fraction of sp³-hybridized carbons (Fsp3) is 0.875. The quantitative estimate of drug-likeness (QED) is 0.621. The average molecular weight is 142 g/mol. The summed E-state index contributed by atoms with van der Waals surface area (Å²) >= 11 is 0. The number of likely N-dealkylation sites (tertiary alicyclic amines) is 1. The fourth-order valence-electron chi connectivity index (χ4n) is 1.37. The Morgan fingerprint density at radius 1 is 1.50 bits per heavy atom. The molecule has 0 atom stereocenters. The molecule has 10 heavy (non-hydrogen) atoms. The van der Waals surface area contributed by atoms with Gasteiger partial charge in [0.1, 0.15) is 0 Å². The lowest BCUT2D eigenvalue weighted by Crippen LogP contribution is -2.49. The van der Waals surface area contributed by atoms with E-state index >= 15 is 0 Å². The van der Waals surface area contributed by atoms with Gasteiger partial charge in [-0.05, 0) is 5.92 Å². The number of rotatable bonds is 3. The van der Waals surface area contributed by atoms with Crippen molar-refractivity contribution in [3.05, 3.63) is 5.92 Å². The molecule has 0 bridgehead atoms. The van der Waals surface area contributed by atoms with Gasteiger partial charge in [0.15, 0.2) is 0 Å². The summed E-state index contributed by atoms with van der Waals surface area (Å²) in [5, 5.41) is 8.70. The monoisotopic (exact) mass is 142 g/mol. The topological polar surface area (TPSA) is 23.5 Å². The maximum atomic E-state index is 8.70. The van der Waals surface area contributed by atoms with E-state index in [1.807, 2.05) is 0 Å². The van der Waals surface area contributed by atoms with Crippen LogP contribution in [0, 0.1) is 11.8 Å². The van der Waals surface area contributed by atoms with Crippen LogP contribution in [0.3, 0.4) is 0 Å². The highest BCUT2D eigenvalue weighted by atomic mass is 16.3. The molecule has 1 N–H and O–H groups in total. The normalized spacial score (nSPS) is 21.6. The van der Waals surface area contributed by atoms with Crippen LogP contribution in [0.5, 0.6) is 0 Å². The van der Waals surface area contributed by atoms with E-state index in [0.29, 0.717) is 12.5 Å². The minimum absolute atomic E-state index is 0.360. The minimum Gasteiger partial charge on any atom is -0.396 e. The summed E-state index contributed by atoms with van der Waals surface area (Å²) in [5.74, 6) is 2.01. The van der Waals surface area contributed by atoms with E-state index < -0.39 is 0 Å². The van der Waals surface area contributed by atoms with Gasteiger partial charge in [-0.3, -0.25) is 0 Å². The van der Waals surface area contributed by atoms with Crippen molar-refractivity contribution in [3.8, 4) is 0 Å². The predicted octanol–water partition coefficient (Wildman–Crippen LogP) is 0.525. The zero-order chi connectivity index (χ0) is 7.56. The summed E-state index contributed by atoms with van der Waals surface area (Å²) in [4.78, 5) is 2.36. The van der Waals surface area contributed by atoms with Crippen LogP contribution < -0.4 is 0 Å². The lowest BCUT2D eigenvalue weighted by atomic mass is 10.00. The lowest BCUT2D eigenvalue weighted by Gasteiger charge is -2.39. The smallest absolute Gasteiger partial charge is 0.0483 e. The molecule has 0 aromatic rings. The molecule has 0 amide bonds. The third-order valence-corrected chi connectivity index (χ3v) is 1.83. The van der Waals surface area contributed by atoms with Crippen molar-refractivity contribution in [2.75, 3.05) is 26.2 Å². The van der Waals surface area contributed by atoms with Crippen molar-refractivity contribution in [2.24, 2.45) is 5.92 Å². The number of aliphatic hydroxyl groups excluding tert-OH is 1. The van der Waals surface area contributed by atoms with Crippen LogP contribution in [-0.4, -0.2) is 36.2 Å². The van der Waals surface area contributed by atoms with E-state index in [1.54, 1.807) is 0 Å². The Morgan fingerprint density at radius 2 is 2.10 bits per heavy atom. The van der Waals surface area contributed by atoms with Crippen molar-refractivity contribution in [3.63, 3.8) is 0 Å². The maximum Gasteiger partial charge on any atom is 0.0483 e. The van der Waals surface area contributed by atoms with Crippen LogP contribution >= 0.6 is 0 Å². The predicted molar refractivity (Wildman–Crippen MR) is 41.6 cm³/mol. The van der Waals surface area contributed by atoms with Crippen molar-refractivity contribution < 1.29 is 5.11 Å². The Morgan fingerprint density at radius 3 is 2.50 bits per heavy atom. The highest BCUT2D eigenvalue weighted by molar-refractivity contribution is 4.88. The first-order valence-corrected chi connectivity index (χ1v) is 3.84. The third-order valence-electron chi connectivity index (χ3n) is 1.83. The van der Waals surface area contributed by atoms with E-state index in [-0.39, 0.29) is 0 Å². The second-order valence-electron chi connectivity index (χ2n) is 3.45. The molecule has 0 aliphatic carbocycles. The third kappa shape index (κ3) is 1.96. The van der Waals surface area contributed by atoms with Crippen molar-refractivity contribution >= 4 is 0 Å². The van der Waals surface area contributed by atoms with Crippen LogP contribution in [0.15, 0.2) is 0 Å². The van der Waals surface area contributed by atoms with Gasteiger partial charge in [-0.2, -0.15) is 0 Å². The second-order valence-corrected chi connectivity index (χ2v) is 3.45. The molecule has 0 unspecified atom stereocenters. The average Bonchev–Trinajstić information content (AvgIpc) is 1.76. The van der Waals surface area contributed by atoms with E-state index in [1.165, 1.54) is 5.92 Å². The molecule has 59 valence electrons. The highest BCUT2D eigenvalue weighted by Gasteiger charge is 2.25. The Balaban J connectivity index is 2.03. The molecule has 2 nitrogen and oxygen atoms in total. The van der Waals surface area contributed by atoms with Gasteiger partial charge in [-0.1, -0.05) is 13.8 Å². The molecule has 1 fully saturated rings. The first-order chi connectivity index (χ1) is 4.72. The molecule has 1 rings (SSSR count). The van der Waals surface area contributed by atoms with Crippen LogP contribution in [-0.2, 0) is 0 Å². The first kappa shape index (κ1) is 8.02. The van der Waals surface area contributed by atoms with E-state index in [2.05, 4.69) is 18.7 Å². The zero-order valence-electron chi connectivity index (χ0n) is 6.80. The standard InChI is InChI=1S/C8H16NO/c1-7(2)3-9-4-8(5-9)6-10/h8,10H,3-6H2,1-2H3. The van der Waals surface area contributed by atoms with Gasteiger partial charge in [0.25, 0.3) is 0 Å². The Kier molecular flexibility index (Phi) is 2.69. The Labute approximate surface area is 62.8 Å². The summed E-state index contributed by atoms with van der Waals surface area (Å²) in [7, 11) is 0. The first-order valence-electron chi connectivity index (χ1n) is 3.84. The second kappa shape index (κ2) is 3.35. The Bertz CT molecular complexity index is 97.4. The summed E-state index contributed by atoms with van der Waals surface area (Å²) in [6, 6.07) is 0. The zero-order valence-corrected chi connectivity index (χ0v) is 6.80. The largest absolute Gasteiger partial charge is 0.396 e. The number of hydrogen-bond acceptors (Lipinski definition) is 2. The molecule has 0 aromatic heterocycles. The molecule has 1 heterocycles. The van der Waals surface area contributed by atoms with Gasteiger partial charge in [-0.25, -0.2) is 0 Å². The van der Waals surface area contributed by atoms with Crippen LogP contribution in [0.4, 0.5) is 0 Å². The van der Waals surface area contributed by atoms with Crippen molar-refractivity contribution in [2.45, 2.75) is 13.8 Å². The molecule has 1 saturated heterocycles. The molecule has 0 spiro atoms. The molecule has 1 aliphatic rings. The minimum atomic E-state index is 0.360. The van der Waals surface area contributed by atoms with E-state index in [4.69, 9.17) is 5.11 Å². The highest BCUT2D eigenvalue weighted by Crippen LogP contribution is 2.16. The van der Waals surface area contributed by atoms with E-state index in [0.717, 1.165) is 19.6 Å². The fourth-order valence-corrected chi connectivity index (χ4v) is 1.37. The summed E-state index contributed by atoms with van der Waals surface area (Å²) < 4.78 is 0. The van der Waals surface area contributed by atoms with Crippen LogP contribution in [0.1, 0.15) is 13.8 Å². The van der Waals surface area contributed by atoms with Gasteiger partial charge in [0.2, 0.25) is 0 Å². The van der Waals surface area contributed by atoms with Gasteiger partial charge >= 0.3 is 0 Å². The van der Waals surface area contributed by atoms with Crippen molar-refractivity contribution in [1.82, 2.24) is 4.90 Å². The van der Waals surface area contributed by atoms with E-state index in [9.17, 15) is 0 Å². The van der Waals surface area contributed by atoms with Crippen LogP contribution in [0.25, 0.3) is 0 Å². The summed E-state index contributed by atoms with van der Waals surface area (Å²) in [6.07, 6.45) is 0. The number of nitrogens with zero attached hydrogens (tertiary/aromatic N) is 1. The molecule has 1 radical (unpaired) electrons. The SMILES string of the molecule is C[C](C)CN1CC(CO)C1. The van der Waals surface area contributed by atoms with Gasteiger partial charge in [-0.15, -0.1) is 0 Å². The van der Waals surface area contributed by atoms with Gasteiger partial charge in [0.05, 0.1) is 0 Å². The summed E-state index contributed by atoms with van der Waals surface area (Å²) in [5.41, 5.74) is 0. The molecule has 0 aromatic carbocycles. The van der Waals surface area contributed by atoms with Gasteiger partial charge < -0.3 is 10.0 Å². The lowest BCUT2D eigenvalue weighted by molar-refractivity contribution is 0.0579. The molecule has 0 saturated carbocycles.